The second kappa shape index (κ2) is 9.91. The average Bonchev–Trinajstić information content (AvgIpc) is 2.70. The molecule has 1 aromatic heterocycles. The molecule has 1 heterocycles. The van der Waals surface area contributed by atoms with Crippen LogP contribution in [0.3, 0.4) is 0 Å². The molecule has 1 aliphatic rings. The van der Waals surface area contributed by atoms with E-state index in [1.54, 1.807) is 12.1 Å². The van der Waals surface area contributed by atoms with Gasteiger partial charge >= 0.3 is 0 Å². The van der Waals surface area contributed by atoms with Crippen LogP contribution in [0.2, 0.25) is 0 Å². The van der Waals surface area contributed by atoms with E-state index in [4.69, 9.17) is 5.73 Å². The number of aromatic nitrogens is 3. The number of hydrogen-bond donors (Lipinski definition) is 4. The molecule has 2 atom stereocenters. The quantitative estimate of drug-likeness (QED) is 0.506. The standard InChI is InChI=1S/C22H33N7O2/c1-13(2)12-29(4)22-27-20(24-16-7-5-6-8-18(16)30)26-21(28-22)25-17-11-15(19(23)31)10-9-14(17)3/h9-11,13,16,18,30H,5-8,12H2,1-4H3,(H2,23,31)(H2,24,25,26,27,28)/t16-,18+/m1/s1. The summed E-state index contributed by atoms with van der Waals surface area (Å²) in [6.45, 7) is 6.98. The minimum atomic E-state index is -0.496. The fourth-order valence-electron chi connectivity index (χ4n) is 3.76. The summed E-state index contributed by atoms with van der Waals surface area (Å²) < 4.78 is 0. The third-order valence-electron chi connectivity index (χ3n) is 5.42. The Morgan fingerprint density at radius 1 is 1.23 bits per heavy atom. The lowest BCUT2D eigenvalue weighted by Crippen LogP contribution is -2.37. The number of benzene rings is 1. The molecular formula is C22H33N7O2. The third-order valence-corrected chi connectivity index (χ3v) is 5.42. The van der Waals surface area contributed by atoms with Gasteiger partial charge in [-0.2, -0.15) is 15.0 Å². The summed E-state index contributed by atoms with van der Waals surface area (Å²) in [6, 6.07) is 5.12. The zero-order chi connectivity index (χ0) is 22.5. The summed E-state index contributed by atoms with van der Waals surface area (Å²) >= 11 is 0. The first-order valence-electron chi connectivity index (χ1n) is 10.8. The monoisotopic (exact) mass is 427 g/mol. The number of primary amides is 1. The zero-order valence-electron chi connectivity index (χ0n) is 18.7. The first kappa shape index (κ1) is 22.7. The maximum atomic E-state index is 11.6. The lowest BCUT2D eigenvalue weighted by atomic mass is 9.93. The Hall–Kier alpha value is -2.94. The number of nitrogens with two attached hydrogens (primary N) is 1. The van der Waals surface area contributed by atoms with Gasteiger partial charge in [-0.05, 0) is 43.4 Å². The highest BCUT2D eigenvalue weighted by Gasteiger charge is 2.24. The van der Waals surface area contributed by atoms with Crippen molar-refractivity contribution in [3.8, 4) is 0 Å². The first-order valence-corrected chi connectivity index (χ1v) is 10.8. The lowest BCUT2D eigenvalue weighted by molar-refractivity contribution is 0.1000. The largest absolute Gasteiger partial charge is 0.391 e. The molecule has 0 saturated heterocycles. The van der Waals surface area contributed by atoms with Crippen LogP contribution in [0.25, 0.3) is 0 Å². The van der Waals surface area contributed by atoms with Gasteiger partial charge in [0.25, 0.3) is 0 Å². The number of aryl methyl sites for hydroxylation is 1. The molecule has 3 rings (SSSR count). The summed E-state index contributed by atoms with van der Waals surface area (Å²) in [5, 5.41) is 16.9. The Labute approximate surface area is 183 Å². The van der Waals surface area contributed by atoms with Gasteiger partial charge in [0.2, 0.25) is 23.8 Å². The van der Waals surface area contributed by atoms with Crippen molar-refractivity contribution < 1.29 is 9.90 Å². The third kappa shape index (κ3) is 6.04. The smallest absolute Gasteiger partial charge is 0.248 e. The van der Waals surface area contributed by atoms with E-state index in [0.717, 1.165) is 37.8 Å². The second-order valence-corrected chi connectivity index (χ2v) is 8.68. The molecule has 9 heteroatoms. The fraction of sp³-hybridized carbons (Fsp3) is 0.545. The number of anilines is 4. The van der Waals surface area contributed by atoms with Gasteiger partial charge in [0.15, 0.2) is 0 Å². The van der Waals surface area contributed by atoms with Gasteiger partial charge < -0.3 is 26.4 Å². The van der Waals surface area contributed by atoms with Crippen LogP contribution in [0.5, 0.6) is 0 Å². The molecule has 9 nitrogen and oxygen atoms in total. The van der Waals surface area contributed by atoms with Crippen molar-refractivity contribution in [2.75, 3.05) is 29.1 Å². The van der Waals surface area contributed by atoms with Gasteiger partial charge in [-0.3, -0.25) is 4.79 Å². The van der Waals surface area contributed by atoms with Crippen molar-refractivity contribution in [3.05, 3.63) is 29.3 Å². The van der Waals surface area contributed by atoms with E-state index < -0.39 is 12.0 Å². The molecule has 1 aromatic carbocycles. The van der Waals surface area contributed by atoms with E-state index in [1.165, 1.54) is 0 Å². The van der Waals surface area contributed by atoms with Crippen molar-refractivity contribution in [1.29, 1.82) is 0 Å². The highest BCUT2D eigenvalue weighted by Crippen LogP contribution is 2.25. The summed E-state index contributed by atoms with van der Waals surface area (Å²) in [6.07, 6.45) is 3.30. The topological polar surface area (TPSA) is 129 Å². The van der Waals surface area contributed by atoms with Gasteiger partial charge in [-0.25, -0.2) is 0 Å². The van der Waals surface area contributed by atoms with E-state index in [2.05, 4.69) is 39.4 Å². The van der Waals surface area contributed by atoms with Crippen molar-refractivity contribution in [2.24, 2.45) is 11.7 Å². The molecule has 5 N–H and O–H groups in total. The van der Waals surface area contributed by atoms with Crippen LogP contribution >= 0.6 is 0 Å². The number of amides is 1. The molecule has 31 heavy (non-hydrogen) atoms. The van der Waals surface area contributed by atoms with Gasteiger partial charge in [-0.15, -0.1) is 0 Å². The number of aliphatic hydroxyl groups is 1. The maximum Gasteiger partial charge on any atom is 0.248 e. The SMILES string of the molecule is Cc1ccc(C(N)=O)cc1Nc1nc(N[C@@H]2CCCC[C@@H]2O)nc(N(C)CC(C)C)n1. The molecule has 0 aliphatic heterocycles. The van der Waals surface area contributed by atoms with Crippen molar-refractivity contribution >= 4 is 29.4 Å². The summed E-state index contributed by atoms with van der Waals surface area (Å²) in [5.41, 5.74) is 7.46. The molecule has 0 spiro atoms. The molecule has 1 saturated carbocycles. The Morgan fingerprint density at radius 3 is 2.61 bits per heavy atom. The molecule has 168 valence electrons. The van der Waals surface area contributed by atoms with Crippen molar-refractivity contribution in [3.63, 3.8) is 0 Å². The van der Waals surface area contributed by atoms with E-state index >= 15 is 0 Å². The molecule has 0 radical (unpaired) electrons. The summed E-state index contributed by atoms with van der Waals surface area (Å²) in [7, 11) is 1.94. The molecule has 1 amide bonds. The first-order chi connectivity index (χ1) is 14.7. The van der Waals surface area contributed by atoms with E-state index in [0.29, 0.717) is 35.0 Å². The van der Waals surface area contributed by atoms with Gasteiger partial charge in [0.1, 0.15) is 0 Å². The fourth-order valence-corrected chi connectivity index (χ4v) is 3.76. The zero-order valence-corrected chi connectivity index (χ0v) is 18.7. The van der Waals surface area contributed by atoms with Gasteiger partial charge in [0, 0.05) is 24.8 Å². The minimum Gasteiger partial charge on any atom is -0.391 e. The highest BCUT2D eigenvalue weighted by molar-refractivity contribution is 5.94. The highest BCUT2D eigenvalue weighted by atomic mass is 16.3. The Balaban J connectivity index is 1.92. The van der Waals surface area contributed by atoms with E-state index in [9.17, 15) is 9.90 Å². The van der Waals surface area contributed by atoms with Crippen LogP contribution in [0.4, 0.5) is 23.5 Å². The normalized spacial score (nSPS) is 18.6. The minimum absolute atomic E-state index is 0.0906. The van der Waals surface area contributed by atoms with E-state index in [-0.39, 0.29) is 6.04 Å². The van der Waals surface area contributed by atoms with E-state index in [1.807, 2.05) is 24.9 Å². The molecule has 0 bridgehead atoms. The molecule has 0 unspecified atom stereocenters. The number of hydrogen-bond acceptors (Lipinski definition) is 8. The van der Waals surface area contributed by atoms with Crippen LogP contribution in [0.15, 0.2) is 18.2 Å². The van der Waals surface area contributed by atoms with Gasteiger partial charge in [0.05, 0.1) is 12.1 Å². The molecule has 1 fully saturated rings. The Bertz CT molecular complexity index is 919. The molecule has 2 aromatic rings. The molecule has 1 aliphatic carbocycles. The van der Waals surface area contributed by atoms with Crippen molar-refractivity contribution in [2.45, 2.75) is 58.6 Å². The Morgan fingerprint density at radius 2 is 1.94 bits per heavy atom. The number of nitrogens with zero attached hydrogens (tertiary/aromatic N) is 4. The van der Waals surface area contributed by atoms with Crippen molar-refractivity contribution in [1.82, 2.24) is 15.0 Å². The molecular weight excluding hydrogens is 394 g/mol. The second-order valence-electron chi connectivity index (χ2n) is 8.68. The predicted octanol–water partition coefficient (Wildman–Crippen LogP) is 2.83. The number of nitrogens with one attached hydrogen (secondary N) is 2. The van der Waals surface area contributed by atoms with Crippen LogP contribution in [-0.4, -0.2) is 51.7 Å². The predicted molar refractivity (Wildman–Crippen MR) is 123 cm³/mol. The summed E-state index contributed by atoms with van der Waals surface area (Å²) in [5.74, 6) is 1.24. The van der Waals surface area contributed by atoms with Crippen LogP contribution < -0.4 is 21.3 Å². The number of carbonyl (C=O) groups excluding carboxylic acids is 1. The maximum absolute atomic E-state index is 11.6. The number of carbonyl (C=O) groups is 1. The van der Waals surface area contributed by atoms with Crippen LogP contribution in [0, 0.1) is 12.8 Å². The van der Waals surface area contributed by atoms with Gasteiger partial charge in [-0.1, -0.05) is 32.8 Å². The number of rotatable bonds is 8. The summed E-state index contributed by atoms with van der Waals surface area (Å²) in [4.78, 5) is 27.3. The Kier molecular flexibility index (Phi) is 7.27. The van der Waals surface area contributed by atoms with Crippen LogP contribution in [0.1, 0.15) is 55.5 Å². The average molecular weight is 428 g/mol. The lowest BCUT2D eigenvalue weighted by Gasteiger charge is -2.28. The number of aliphatic hydroxyl groups excluding tert-OH is 1. The van der Waals surface area contributed by atoms with Crippen LogP contribution in [-0.2, 0) is 0 Å².